The van der Waals surface area contributed by atoms with Gasteiger partial charge in [0.05, 0.1) is 17.7 Å². The molecular weight excluding hydrogens is 308 g/mol. The summed E-state index contributed by atoms with van der Waals surface area (Å²) in [6.07, 6.45) is 4.38. The van der Waals surface area contributed by atoms with Crippen molar-refractivity contribution in [3.8, 4) is 0 Å². The molecule has 1 aromatic carbocycles. The fraction of sp³-hybridized carbons (Fsp3) is 0.333. The first-order valence-corrected chi connectivity index (χ1v) is 8.45. The second-order valence-electron chi connectivity index (χ2n) is 5.42. The molecule has 1 unspecified atom stereocenters. The molecule has 4 nitrogen and oxygen atoms in total. The summed E-state index contributed by atoms with van der Waals surface area (Å²) in [6.45, 7) is 6.67. The summed E-state index contributed by atoms with van der Waals surface area (Å²) in [5.74, 6) is -0.107. The number of aliphatic hydroxyl groups excluding tert-OH is 1. The third-order valence-electron chi connectivity index (χ3n) is 3.58. The number of rotatable bonds is 6. The first kappa shape index (κ1) is 17.4. The van der Waals surface area contributed by atoms with Gasteiger partial charge in [-0.15, -0.1) is 11.3 Å². The molecule has 2 rings (SSSR count). The van der Waals surface area contributed by atoms with E-state index in [-0.39, 0.29) is 12.5 Å². The zero-order valence-electron chi connectivity index (χ0n) is 13.7. The highest BCUT2D eigenvalue weighted by molar-refractivity contribution is 7.12. The van der Waals surface area contributed by atoms with Crippen LogP contribution in [0.15, 0.2) is 36.5 Å². The van der Waals surface area contributed by atoms with Crippen molar-refractivity contribution in [2.75, 3.05) is 13.1 Å². The molecule has 1 heterocycles. The van der Waals surface area contributed by atoms with E-state index in [9.17, 15) is 9.90 Å². The minimum Gasteiger partial charge on any atom is -0.387 e. The molecule has 122 valence electrons. The van der Waals surface area contributed by atoms with E-state index in [4.69, 9.17) is 0 Å². The Bertz CT molecular complexity index is 677. The summed E-state index contributed by atoms with van der Waals surface area (Å²) < 4.78 is 0. The Morgan fingerprint density at radius 2 is 2.04 bits per heavy atom. The third-order valence-corrected chi connectivity index (χ3v) is 4.46. The smallest absolute Gasteiger partial charge is 0.246 e. The molecule has 1 atom stereocenters. The Morgan fingerprint density at radius 3 is 2.61 bits per heavy atom. The second-order valence-corrected chi connectivity index (χ2v) is 6.68. The summed E-state index contributed by atoms with van der Waals surface area (Å²) in [4.78, 5) is 19.0. The fourth-order valence-corrected chi connectivity index (χ4v) is 2.88. The van der Waals surface area contributed by atoms with Gasteiger partial charge in [0.1, 0.15) is 0 Å². The number of aliphatic hydroxyl groups is 1. The second kappa shape index (κ2) is 8.04. The first-order valence-electron chi connectivity index (χ1n) is 7.63. The third kappa shape index (κ3) is 5.01. The first-order chi connectivity index (χ1) is 11.0. The number of carbonyl (C=O) groups excluding carboxylic acids is 1. The van der Waals surface area contributed by atoms with E-state index in [0.29, 0.717) is 6.54 Å². The zero-order valence-corrected chi connectivity index (χ0v) is 14.5. The Labute approximate surface area is 141 Å². The maximum atomic E-state index is 12.3. The van der Waals surface area contributed by atoms with Crippen molar-refractivity contribution in [2.24, 2.45) is 0 Å². The quantitative estimate of drug-likeness (QED) is 0.826. The Balaban J connectivity index is 1.99. The summed E-state index contributed by atoms with van der Waals surface area (Å²) >= 11 is 1.54. The normalized spacial score (nSPS) is 12.5. The van der Waals surface area contributed by atoms with Gasteiger partial charge in [-0.05, 0) is 32.4 Å². The molecule has 0 aliphatic rings. The monoisotopic (exact) mass is 330 g/mol. The van der Waals surface area contributed by atoms with Crippen LogP contribution in [0, 0.1) is 13.8 Å². The molecule has 5 heteroatoms. The molecule has 1 aromatic heterocycles. The van der Waals surface area contributed by atoms with E-state index >= 15 is 0 Å². The average molecular weight is 330 g/mol. The lowest BCUT2D eigenvalue weighted by atomic mass is 10.1. The van der Waals surface area contributed by atoms with Crippen LogP contribution >= 0.6 is 11.3 Å². The molecular formula is C18H22N2O2S. The molecule has 0 spiro atoms. The van der Waals surface area contributed by atoms with Crippen LogP contribution in [0.4, 0.5) is 0 Å². The molecule has 0 saturated heterocycles. The van der Waals surface area contributed by atoms with Gasteiger partial charge in [-0.2, -0.15) is 0 Å². The lowest BCUT2D eigenvalue weighted by Gasteiger charge is -2.23. The fourth-order valence-electron chi connectivity index (χ4n) is 2.19. The van der Waals surface area contributed by atoms with Crippen LogP contribution in [0.1, 0.15) is 34.0 Å². The number of aromatic nitrogens is 1. The van der Waals surface area contributed by atoms with Crippen LogP contribution < -0.4 is 0 Å². The van der Waals surface area contributed by atoms with E-state index in [1.54, 1.807) is 28.5 Å². The van der Waals surface area contributed by atoms with Gasteiger partial charge in [0.2, 0.25) is 5.91 Å². The van der Waals surface area contributed by atoms with Crippen molar-refractivity contribution in [1.29, 1.82) is 0 Å². The maximum Gasteiger partial charge on any atom is 0.246 e. The van der Waals surface area contributed by atoms with Crippen molar-refractivity contribution >= 4 is 23.3 Å². The van der Waals surface area contributed by atoms with Gasteiger partial charge >= 0.3 is 0 Å². The van der Waals surface area contributed by atoms with Crippen molar-refractivity contribution < 1.29 is 9.90 Å². The predicted molar refractivity (Wildman–Crippen MR) is 94.3 cm³/mol. The van der Waals surface area contributed by atoms with Crippen molar-refractivity contribution in [2.45, 2.75) is 26.9 Å². The number of aryl methyl sites for hydroxylation is 2. The van der Waals surface area contributed by atoms with Crippen LogP contribution in [-0.4, -0.2) is 34.0 Å². The highest BCUT2D eigenvalue weighted by Gasteiger charge is 2.15. The van der Waals surface area contributed by atoms with E-state index in [1.807, 2.05) is 45.0 Å². The van der Waals surface area contributed by atoms with Gasteiger partial charge < -0.3 is 10.0 Å². The number of amides is 1. The summed E-state index contributed by atoms with van der Waals surface area (Å²) in [6, 6.07) is 7.72. The molecule has 0 aliphatic heterocycles. The molecule has 0 fully saturated rings. The van der Waals surface area contributed by atoms with E-state index < -0.39 is 6.10 Å². The van der Waals surface area contributed by atoms with Crippen molar-refractivity contribution in [3.63, 3.8) is 0 Å². The standard InChI is InChI=1S/C18H22N2O2S/c1-4-20(12-17(21)15-7-5-13(2)6-8-15)18(22)10-9-16-11-19-14(3)23-16/h5-11,17,21H,4,12H2,1-3H3. The maximum absolute atomic E-state index is 12.3. The highest BCUT2D eigenvalue weighted by Crippen LogP contribution is 2.16. The van der Waals surface area contributed by atoms with Gasteiger partial charge in [-0.1, -0.05) is 29.8 Å². The van der Waals surface area contributed by atoms with E-state index in [0.717, 1.165) is 21.0 Å². The van der Waals surface area contributed by atoms with Crippen LogP contribution in [0.5, 0.6) is 0 Å². The highest BCUT2D eigenvalue weighted by atomic mass is 32.1. The molecule has 2 aromatic rings. The molecule has 0 aliphatic carbocycles. The van der Waals surface area contributed by atoms with Crippen molar-refractivity contribution in [1.82, 2.24) is 9.88 Å². The van der Waals surface area contributed by atoms with Gasteiger partial charge in [0.15, 0.2) is 0 Å². The van der Waals surface area contributed by atoms with Gasteiger partial charge in [0.25, 0.3) is 0 Å². The molecule has 0 bridgehead atoms. The number of hydrogen-bond acceptors (Lipinski definition) is 4. The minimum absolute atomic E-state index is 0.107. The topological polar surface area (TPSA) is 53.4 Å². The van der Waals surface area contributed by atoms with Crippen LogP contribution in [-0.2, 0) is 4.79 Å². The zero-order chi connectivity index (χ0) is 16.8. The predicted octanol–water partition coefficient (Wildman–Crippen LogP) is 3.36. The lowest BCUT2D eigenvalue weighted by Crippen LogP contribution is -2.33. The number of benzene rings is 1. The number of carbonyl (C=O) groups is 1. The minimum atomic E-state index is -0.682. The Morgan fingerprint density at radius 1 is 1.35 bits per heavy atom. The summed E-state index contributed by atoms with van der Waals surface area (Å²) in [5, 5.41) is 11.3. The summed E-state index contributed by atoms with van der Waals surface area (Å²) in [5.41, 5.74) is 1.97. The molecule has 1 amide bonds. The molecule has 23 heavy (non-hydrogen) atoms. The van der Waals surface area contributed by atoms with E-state index in [1.165, 1.54) is 6.08 Å². The summed E-state index contributed by atoms with van der Waals surface area (Å²) in [7, 11) is 0. The number of nitrogens with zero attached hydrogens (tertiary/aromatic N) is 2. The van der Waals surface area contributed by atoms with Crippen LogP contribution in [0.3, 0.4) is 0 Å². The number of hydrogen-bond donors (Lipinski definition) is 1. The average Bonchev–Trinajstić information content (AvgIpc) is 2.96. The van der Waals surface area contributed by atoms with Crippen LogP contribution in [0.25, 0.3) is 6.08 Å². The molecule has 1 N–H and O–H groups in total. The van der Waals surface area contributed by atoms with Gasteiger partial charge in [-0.3, -0.25) is 4.79 Å². The van der Waals surface area contributed by atoms with Crippen molar-refractivity contribution in [3.05, 3.63) is 57.6 Å². The van der Waals surface area contributed by atoms with Crippen LogP contribution in [0.2, 0.25) is 0 Å². The SMILES string of the molecule is CCN(CC(O)c1ccc(C)cc1)C(=O)C=Cc1cnc(C)s1. The van der Waals surface area contributed by atoms with E-state index in [2.05, 4.69) is 4.98 Å². The Hall–Kier alpha value is -1.98. The molecule has 0 saturated carbocycles. The van der Waals surface area contributed by atoms with Gasteiger partial charge in [-0.25, -0.2) is 4.98 Å². The Kier molecular flexibility index (Phi) is 6.07. The van der Waals surface area contributed by atoms with Gasteiger partial charge in [0, 0.05) is 23.7 Å². The lowest BCUT2D eigenvalue weighted by molar-refractivity contribution is -0.127. The molecule has 0 radical (unpaired) electrons. The number of likely N-dealkylation sites (N-methyl/N-ethyl adjacent to an activating group) is 1. The number of thiazole rings is 1. The largest absolute Gasteiger partial charge is 0.387 e.